The zero-order chi connectivity index (χ0) is 15.5. The second kappa shape index (κ2) is 4.63. The maximum Gasteiger partial charge on any atom is 0.182 e. The molecule has 2 nitrogen and oxygen atoms in total. The van der Waals surface area contributed by atoms with Gasteiger partial charge < -0.3 is 0 Å². The zero-order valence-electron chi connectivity index (χ0n) is 12.8. The Bertz CT molecular complexity index is 878. The van der Waals surface area contributed by atoms with Crippen molar-refractivity contribution in [1.82, 2.24) is 0 Å². The van der Waals surface area contributed by atoms with Gasteiger partial charge in [-0.1, -0.05) is 47.5 Å². The van der Waals surface area contributed by atoms with Crippen molar-refractivity contribution >= 4 is 27.4 Å². The van der Waals surface area contributed by atoms with Gasteiger partial charge in [-0.15, -0.1) is 0 Å². The van der Waals surface area contributed by atoms with E-state index in [2.05, 4.69) is 19.1 Å². The average Bonchev–Trinajstić information content (AvgIpc) is 2.80. The van der Waals surface area contributed by atoms with Crippen LogP contribution in [0.5, 0.6) is 0 Å². The number of carbonyl (C=O) groups is 1. The molecule has 1 aliphatic carbocycles. The third-order valence-electron chi connectivity index (χ3n) is 5.22. The summed E-state index contributed by atoms with van der Waals surface area (Å²) in [4.78, 5) is 13.1. The molecule has 1 aliphatic heterocycles. The van der Waals surface area contributed by atoms with E-state index in [1.807, 2.05) is 31.2 Å². The molecule has 22 heavy (non-hydrogen) atoms. The molecule has 4 rings (SSSR count). The molecule has 3 heteroatoms. The van der Waals surface area contributed by atoms with Crippen molar-refractivity contribution in [2.45, 2.75) is 31.4 Å². The van der Waals surface area contributed by atoms with E-state index in [0.717, 1.165) is 21.9 Å². The summed E-state index contributed by atoms with van der Waals surface area (Å²) in [5.41, 5.74) is 4.27. The van der Waals surface area contributed by atoms with E-state index in [9.17, 15) is 9.00 Å². The lowest BCUT2D eigenvalue weighted by Crippen LogP contribution is -2.45. The molecule has 1 spiro atoms. The quantitative estimate of drug-likeness (QED) is 0.694. The fourth-order valence-corrected chi connectivity index (χ4v) is 5.71. The van der Waals surface area contributed by atoms with E-state index >= 15 is 0 Å². The van der Waals surface area contributed by atoms with Crippen molar-refractivity contribution < 1.29 is 9.00 Å². The lowest BCUT2D eigenvalue weighted by molar-refractivity contribution is 0.0954. The molecular weight excluding hydrogens is 292 g/mol. The average molecular weight is 310 g/mol. The maximum atomic E-state index is 13.1. The van der Waals surface area contributed by atoms with Gasteiger partial charge in [0.15, 0.2) is 5.78 Å². The number of allylic oxidation sites excluding steroid dienone is 1. The number of hydrogen-bond donors (Lipinski definition) is 0. The molecule has 1 unspecified atom stereocenters. The fourth-order valence-electron chi connectivity index (χ4n) is 3.79. The lowest BCUT2D eigenvalue weighted by atomic mass is 9.92. The second-order valence-electron chi connectivity index (χ2n) is 6.54. The molecule has 112 valence electrons. The normalized spacial score (nSPS) is 27.7. The van der Waals surface area contributed by atoms with Crippen LogP contribution in [0.1, 0.15) is 36.2 Å². The third kappa shape index (κ3) is 1.72. The molecule has 2 aliphatic rings. The summed E-state index contributed by atoms with van der Waals surface area (Å²) < 4.78 is 12.1. The van der Waals surface area contributed by atoms with Crippen LogP contribution in [-0.2, 0) is 17.2 Å². The van der Waals surface area contributed by atoms with Crippen LogP contribution in [0.15, 0.2) is 47.5 Å². The first-order valence-electron chi connectivity index (χ1n) is 7.62. The largest absolute Gasteiger partial charge is 0.292 e. The Labute approximate surface area is 132 Å². The van der Waals surface area contributed by atoms with Gasteiger partial charge in [-0.2, -0.15) is 0 Å². The summed E-state index contributed by atoms with van der Waals surface area (Å²) in [7, 11) is -1.13. The summed E-state index contributed by atoms with van der Waals surface area (Å²) in [5.74, 6) is 0.613. The zero-order valence-corrected chi connectivity index (χ0v) is 13.6. The molecule has 0 amide bonds. The van der Waals surface area contributed by atoms with Crippen LogP contribution >= 0.6 is 0 Å². The first kappa shape index (κ1) is 13.9. The molecule has 0 saturated carbocycles. The highest BCUT2D eigenvalue weighted by Crippen LogP contribution is 2.44. The highest BCUT2D eigenvalue weighted by molar-refractivity contribution is 7.87. The minimum atomic E-state index is -1.13. The monoisotopic (exact) mass is 310 g/mol. The van der Waals surface area contributed by atoms with E-state index in [1.165, 1.54) is 11.1 Å². The molecule has 2 aromatic carbocycles. The van der Waals surface area contributed by atoms with Crippen LogP contribution in [0.2, 0.25) is 0 Å². The van der Waals surface area contributed by atoms with Gasteiger partial charge in [-0.25, -0.2) is 0 Å². The minimum absolute atomic E-state index is 0.0819. The van der Waals surface area contributed by atoms with Crippen molar-refractivity contribution in [3.63, 3.8) is 0 Å². The number of rotatable bonds is 0. The van der Waals surface area contributed by atoms with E-state index in [-0.39, 0.29) is 5.78 Å². The molecular formula is C19H18O2S. The van der Waals surface area contributed by atoms with Gasteiger partial charge in [0.05, 0.1) is 0 Å². The first-order chi connectivity index (χ1) is 10.5. The maximum absolute atomic E-state index is 13.1. The molecule has 2 aromatic rings. The predicted molar refractivity (Wildman–Crippen MR) is 90.7 cm³/mol. The molecule has 0 saturated heterocycles. The number of Topliss-reactive ketones (excluding diaryl/α,β-unsaturated/α-hetero) is 1. The summed E-state index contributed by atoms with van der Waals surface area (Å²) in [6.07, 6.45) is 1.24. The van der Waals surface area contributed by atoms with Crippen LogP contribution in [0.3, 0.4) is 0 Å². The van der Waals surface area contributed by atoms with Crippen molar-refractivity contribution in [2.24, 2.45) is 0 Å². The van der Waals surface area contributed by atoms with Crippen LogP contribution < -0.4 is 0 Å². The summed E-state index contributed by atoms with van der Waals surface area (Å²) in [5, 5.41) is 2.28. The first-order valence-corrected chi connectivity index (χ1v) is 8.94. The van der Waals surface area contributed by atoms with Crippen molar-refractivity contribution in [3.05, 3.63) is 58.7 Å². The molecule has 0 N–H and O–H groups in total. The number of fused-ring (bicyclic) bond motifs is 3. The van der Waals surface area contributed by atoms with Crippen molar-refractivity contribution in [1.29, 1.82) is 0 Å². The van der Waals surface area contributed by atoms with E-state index in [0.29, 0.717) is 18.6 Å². The van der Waals surface area contributed by atoms with Crippen LogP contribution in [0.25, 0.3) is 10.8 Å². The van der Waals surface area contributed by atoms with Gasteiger partial charge >= 0.3 is 0 Å². The topological polar surface area (TPSA) is 34.1 Å². The van der Waals surface area contributed by atoms with Gasteiger partial charge in [0, 0.05) is 22.1 Å². The number of carbonyl (C=O) groups excluding carboxylic acids is 1. The van der Waals surface area contributed by atoms with Crippen LogP contribution in [0, 0.1) is 0 Å². The molecule has 0 bridgehead atoms. The smallest absolute Gasteiger partial charge is 0.182 e. The Kier molecular flexibility index (Phi) is 2.92. The Morgan fingerprint density at radius 3 is 2.59 bits per heavy atom. The Morgan fingerprint density at radius 2 is 1.77 bits per heavy atom. The summed E-state index contributed by atoms with van der Waals surface area (Å²) >= 11 is 0. The molecule has 0 aromatic heterocycles. The Hall–Kier alpha value is -1.74. The third-order valence-corrected chi connectivity index (χ3v) is 7.26. The number of benzene rings is 2. The standard InChI is InChI=1S/C19H18O2S/c1-12-9-19(22(21)11-13(12)2)10-17-15-6-4-3-5-14(15)7-8-16(17)18(19)20/h3-8H,9-11H2,1-2H3/t19-,22?/m0/s1. The fraction of sp³-hybridized carbons (Fsp3) is 0.316. The number of ketones is 1. The van der Waals surface area contributed by atoms with E-state index in [4.69, 9.17) is 0 Å². The van der Waals surface area contributed by atoms with Gasteiger partial charge in [0.2, 0.25) is 0 Å². The van der Waals surface area contributed by atoms with E-state index < -0.39 is 15.5 Å². The van der Waals surface area contributed by atoms with Gasteiger partial charge in [-0.3, -0.25) is 9.00 Å². The Morgan fingerprint density at radius 1 is 1.00 bits per heavy atom. The van der Waals surface area contributed by atoms with Crippen molar-refractivity contribution in [2.75, 3.05) is 5.75 Å². The van der Waals surface area contributed by atoms with Crippen LogP contribution in [0.4, 0.5) is 0 Å². The molecule has 0 fully saturated rings. The minimum Gasteiger partial charge on any atom is -0.292 e. The second-order valence-corrected chi connectivity index (χ2v) is 8.30. The Balaban J connectivity index is 1.92. The van der Waals surface area contributed by atoms with Gasteiger partial charge in [-0.05, 0) is 43.0 Å². The van der Waals surface area contributed by atoms with E-state index in [1.54, 1.807) is 0 Å². The summed E-state index contributed by atoms with van der Waals surface area (Å²) in [6.45, 7) is 4.10. The number of hydrogen-bond acceptors (Lipinski definition) is 2. The van der Waals surface area contributed by atoms with Crippen molar-refractivity contribution in [3.8, 4) is 0 Å². The predicted octanol–water partition coefficient (Wildman–Crippen LogP) is 3.81. The lowest BCUT2D eigenvalue weighted by Gasteiger charge is -2.32. The van der Waals surface area contributed by atoms with Gasteiger partial charge in [0.1, 0.15) is 4.75 Å². The summed E-state index contributed by atoms with van der Waals surface area (Å²) in [6, 6.07) is 12.1. The highest BCUT2D eigenvalue weighted by Gasteiger charge is 2.52. The van der Waals surface area contributed by atoms with Gasteiger partial charge in [0.25, 0.3) is 0 Å². The van der Waals surface area contributed by atoms with Crippen LogP contribution in [-0.4, -0.2) is 20.5 Å². The highest BCUT2D eigenvalue weighted by atomic mass is 32.2. The molecule has 1 heterocycles. The SMILES string of the molecule is CC1=C(C)C[C@@]2(Cc3c(ccc4ccccc34)C2=O)S(=O)C1. The molecule has 0 radical (unpaired) electrons. The molecule has 2 atom stereocenters.